The second-order valence-corrected chi connectivity index (χ2v) is 6.68. The Balaban J connectivity index is 1.61. The van der Waals surface area contributed by atoms with Crippen LogP contribution in [-0.4, -0.2) is 34.2 Å². The van der Waals surface area contributed by atoms with Crippen LogP contribution in [0.15, 0.2) is 48.5 Å². The number of urea groups is 1. The summed E-state index contributed by atoms with van der Waals surface area (Å²) in [5.74, 6) is -1.59. The van der Waals surface area contributed by atoms with E-state index in [1.807, 2.05) is 10.6 Å². The summed E-state index contributed by atoms with van der Waals surface area (Å²) < 4.78 is 5.60. The Hall–Kier alpha value is -4.28. The number of imide groups is 2. The molecule has 2 aromatic rings. The highest BCUT2D eigenvalue weighted by Crippen LogP contribution is 2.38. The highest BCUT2D eigenvalue weighted by atomic mass is 16.6. The quantitative estimate of drug-likeness (QED) is 0.442. The third kappa shape index (κ3) is 3.02. The summed E-state index contributed by atoms with van der Waals surface area (Å²) >= 11 is 0. The van der Waals surface area contributed by atoms with Crippen molar-refractivity contribution < 1.29 is 28.8 Å². The fraction of sp³-hybridized carbons (Fsp3) is 0.158. The molecule has 2 fully saturated rings. The van der Waals surface area contributed by atoms with Crippen LogP contribution in [0.5, 0.6) is 11.5 Å². The molecule has 11 heteroatoms. The average Bonchev–Trinajstić information content (AvgIpc) is 3.05. The van der Waals surface area contributed by atoms with Crippen molar-refractivity contribution in [2.45, 2.75) is 18.4 Å². The van der Waals surface area contributed by atoms with Gasteiger partial charge < -0.3 is 4.74 Å². The van der Waals surface area contributed by atoms with Crippen LogP contribution in [0, 0.1) is 10.1 Å². The Morgan fingerprint density at radius 2 is 1.63 bits per heavy atom. The Labute approximate surface area is 168 Å². The molecule has 2 N–H and O–H groups in total. The maximum Gasteiger partial charge on any atom is 0.328 e. The van der Waals surface area contributed by atoms with E-state index in [0.717, 1.165) is 4.90 Å². The number of carbonyl (C=O) groups excluding carboxylic acids is 4. The van der Waals surface area contributed by atoms with Gasteiger partial charge in [-0.3, -0.25) is 40.0 Å². The van der Waals surface area contributed by atoms with Crippen LogP contribution >= 0.6 is 0 Å². The maximum absolute atomic E-state index is 12.5. The second-order valence-electron chi connectivity index (χ2n) is 6.68. The molecule has 0 bridgehead atoms. The topological polar surface area (TPSA) is 148 Å². The van der Waals surface area contributed by atoms with Crippen LogP contribution in [0.4, 0.5) is 16.2 Å². The van der Waals surface area contributed by atoms with E-state index in [4.69, 9.17) is 4.74 Å². The van der Waals surface area contributed by atoms with E-state index in [2.05, 4.69) is 0 Å². The zero-order valence-electron chi connectivity index (χ0n) is 15.3. The molecule has 0 aromatic heterocycles. The molecule has 4 rings (SSSR count). The van der Waals surface area contributed by atoms with Gasteiger partial charge in [0.1, 0.15) is 11.5 Å². The Kier molecular flexibility index (Phi) is 4.42. The van der Waals surface area contributed by atoms with Crippen molar-refractivity contribution >= 4 is 35.1 Å². The van der Waals surface area contributed by atoms with Crippen LogP contribution in [0.1, 0.15) is 12.8 Å². The van der Waals surface area contributed by atoms with Crippen molar-refractivity contribution in [1.82, 2.24) is 10.6 Å². The van der Waals surface area contributed by atoms with E-state index < -0.39 is 34.2 Å². The summed E-state index contributed by atoms with van der Waals surface area (Å²) in [7, 11) is 0. The normalized spacial score (nSPS) is 17.7. The van der Waals surface area contributed by atoms with Crippen molar-refractivity contribution in [1.29, 1.82) is 0 Å². The number of carbonyl (C=O) groups is 4. The van der Waals surface area contributed by atoms with Gasteiger partial charge in [0.25, 0.3) is 17.5 Å². The molecule has 1 spiro atoms. The standard InChI is InChI=1S/C19H14N4O7/c24-15-8-9-19(16(25)20-18(27)21-17(19)26)22(15)11-4-6-13(7-5-11)30-14-3-1-2-12(10-14)23(28)29/h1-7,10H,8-9H2,(H2,20,21,25,26,27). The number of rotatable bonds is 4. The summed E-state index contributed by atoms with van der Waals surface area (Å²) in [6, 6.07) is 10.7. The number of barbiturate groups is 1. The number of non-ortho nitro benzene ring substituents is 1. The van der Waals surface area contributed by atoms with Gasteiger partial charge in [-0.1, -0.05) is 6.07 Å². The van der Waals surface area contributed by atoms with Gasteiger partial charge in [0, 0.05) is 18.2 Å². The smallest absolute Gasteiger partial charge is 0.328 e. The Bertz CT molecular complexity index is 1080. The zero-order valence-corrected chi connectivity index (χ0v) is 15.3. The average molecular weight is 410 g/mol. The first kappa shape index (κ1) is 19.1. The van der Waals surface area contributed by atoms with Crippen molar-refractivity contribution in [3.63, 3.8) is 0 Å². The van der Waals surface area contributed by atoms with Crippen LogP contribution < -0.4 is 20.3 Å². The first-order chi connectivity index (χ1) is 14.3. The second kappa shape index (κ2) is 6.95. The van der Waals surface area contributed by atoms with E-state index >= 15 is 0 Å². The molecule has 5 amide bonds. The van der Waals surface area contributed by atoms with E-state index in [9.17, 15) is 29.3 Å². The van der Waals surface area contributed by atoms with Gasteiger partial charge in [-0.15, -0.1) is 0 Å². The first-order valence-corrected chi connectivity index (χ1v) is 8.83. The number of hydrogen-bond acceptors (Lipinski definition) is 7. The predicted octanol–water partition coefficient (Wildman–Crippen LogP) is 1.62. The van der Waals surface area contributed by atoms with E-state index in [-0.39, 0.29) is 30.0 Å². The number of anilines is 1. The molecule has 11 nitrogen and oxygen atoms in total. The molecular formula is C19H14N4O7. The monoisotopic (exact) mass is 410 g/mol. The van der Waals surface area contributed by atoms with Crippen LogP contribution in [-0.2, 0) is 14.4 Å². The third-order valence-corrected chi connectivity index (χ3v) is 4.90. The fourth-order valence-corrected chi connectivity index (χ4v) is 3.53. The van der Waals surface area contributed by atoms with Gasteiger partial charge >= 0.3 is 6.03 Å². The van der Waals surface area contributed by atoms with Crippen LogP contribution in [0.25, 0.3) is 0 Å². The summed E-state index contributed by atoms with van der Waals surface area (Å²) in [5.41, 5.74) is -1.70. The Morgan fingerprint density at radius 1 is 0.967 bits per heavy atom. The first-order valence-electron chi connectivity index (χ1n) is 8.83. The number of nitrogens with zero attached hydrogens (tertiary/aromatic N) is 2. The summed E-state index contributed by atoms with van der Waals surface area (Å²) in [5, 5.41) is 15.0. The van der Waals surface area contributed by atoms with E-state index in [1.54, 1.807) is 6.07 Å². The van der Waals surface area contributed by atoms with E-state index in [0.29, 0.717) is 5.75 Å². The van der Waals surface area contributed by atoms with Gasteiger partial charge in [-0.25, -0.2) is 4.79 Å². The predicted molar refractivity (Wildman–Crippen MR) is 101 cm³/mol. The number of nitro benzene ring substituents is 1. The van der Waals surface area contributed by atoms with Crippen molar-refractivity contribution in [3.8, 4) is 11.5 Å². The van der Waals surface area contributed by atoms with Crippen molar-refractivity contribution in [2.75, 3.05) is 4.90 Å². The van der Waals surface area contributed by atoms with Crippen LogP contribution in [0.2, 0.25) is 0 Å². The molecule has 2 aromatic carbocycles. The molecule has 0 unspecified atom stereocenters. The molecule has 2 aliphatic rings. The molecule has 0 saturated carbocycles. The van der Waals surface area contributed by atoms with Gasteiger partial charge in [-0.05, 0) is 36.8 Å². The summed E-state index contributed by atoms with van der Waals surface area (Å²) in [6.45, 7) is 0. The van der Waals surface area contributed by atoms with Crippen molar-refractivity contribution in [3.05, 3.63) is 58.6 Å². The fourth-order valence-electron chi connectivity index (χ4n) is 3.53. The largest absolute Gasteiger partial charge is 0.457 e. The molecular weight excluding hydrogens is 396 g/mol. The van der Waals surface area contributed by atoms with Gasteiger partial charge in [0.2, 0.25) is 11.4 Å². The van der Waals surface area contributed by atoms with Gasteiger partial charge in [-0.2, -0.15) is 0 Å². The lowest BCUT2D eigenvalue weighted by Gasteiger charge is -2.37. The molecule has 0 aliphatic carbocycles. The van der Waals surface area contributed by atoms with Gasteiger partial charge in [0.15, 0.2) is 0 Å². The van der Waals surface area contributed by atoms with E-state index in [1.165, 1.54) is 42.5 Å². The molecule has 2 saturated heterocycles. The number of nitrogens with one attached hydrogen (secondary N) is 2. The summed E-state index contributed by atoms with van der Waals surface area (Å²) in [6.07, 6.45) is -0.107. The minimum Gasteiger partial charge on any atom is -0.457 e. The summed E-state index contributed by atoms with van der Waals surface area (Å²) in [4.78, 5) is 60.3. The lowest BCUT2D eigenvalue weighted by atomic mass is 9.91. The molecule has 152 valence electrons. The highest BCUT2D eigenvalue weighted by Gasteiger charge is 2.60. The van der Waals surface area contributed by atoms with Crippen molar-refractivity contribution in [2.24, 2.45) is 0 Å². The lowest BCUT2D eigenvalue weighted by Crippen LogP contribution is -2.72. The third-order valence-electron chi connectivity index (χ3n) is 4.90. The number of hydrogen-bond donors (Lipinski definition) is 2. The molecule has 30 heavy (non-hydrogen) atoms. The SMILES string of the molecule is O=C1NC(=O)C2(CCC(=O)N2c2ccc(Oc3cccc([N+](=O)[O-])c3)cc2)C(=O)N1. The van der Waals surface area contributed by atoms with Gasteiger partial charge in [0.05, 0.1) is 11.0 Å². The molecule has 0 atom stereocenters. The molecule has 0 radical (unpaired) electrons. The number of ether oxygens (including phenoxy) is 1. The molecule has 2 aliphatic heterocycles. The van der Waals surface area contributed by atoms with Crippen LogP contribution in [0.3, 0.4) is 0 Å². The molecule has 2 heterocycles. The highest BCUT2D eigenvalue weighted by molar-refractivity contribution is 6.28. The minimum absolute atomic E-state index is 0.0407. The zero-order chi connectivity index (χ0) is 21.5. The lowest BCUT2D eigenvalue weighted by molar-refractivity contribution is -0.384. The number of nitro groups is 1. The maximum atomic E-state index is 12.5. The Morgan fingerprint density at radius 3 is 2.27 bits per heavy atom. The minimum atomic E-state index is -1.84. The number of benzene rings is 2. The number of amides is 5.